The molecule has 0 spiro atoms. The van der Waals surface area contributed by atoms with Crippen LogP contribution in [0.2, 0.25) is 5.02 Å². The van der Waals surface area contributed by atoms with Gasteiger partial charge >= 0.3 is 6.08 Å². The lowest BCUT2D eigenvalue weighted by molar-refractivity contribution is -0.117. The van der Waals surface area contributed by atoms with Gasteiger partial charge in [-0.3, -0.25) is 4.79 Å². The minimum absolute atomic E-state index is 0.0281. The third kappa shape index (κ3) is 3.25. The second-order valence-corrected chi connectivity index (χ2v) is 5.43. The minimum Gasteiger partial charge on any atom is -0.383 e. The monoisotopic (exact) mass is 336 g/mol. The molecule has 1 N–H and O–H groups in total. The van der Waals surface area contributed by atoms with E-state index in [4.69, 9.17) is 16.3 Å². The summed E-state index contributed by atoms with van der Waals surface area (Å²) in [4.78, 5) is 20.8. The molecule has 23 heavy (non-hydrogen) atoms. The van der Waals surface area contributed by atoms with Crippen LogP contribution in [0.3, 0.4) is 0 Å². The van der Waals surface area contributed by atoms with Crippen molar-refractivity contribution in [3.05, 3.63) is 41.1 Å². The topological polar surface area (TPSA) is 67.3 Å². The number of hydrogen-bond acceptors (Lipinski definition) is 5. The number of hydrogen-bond donors (Lipinski definition) is 1. The number of halogens is 2. The number of rotatable bonds is 5. The van der Waals surface area contributed by atoms with Crippen molar-refractivity contribution in [2.75, 3.05) is 30.5 Å². The fraction of sp³-hybridized carbons (Fsp3) is 0.267. The summed E-state index contributed by atoms with van der Waals surface area (Å²) in [7, 11) is 1.60. The summed E-state index contributed by atoms with van der Waals surface area (Å²) in [5.41, 5.74) is 2.42. The van der Waals surface area contributed by atoms with Crippen LogP contribution in [0.5, 0.6) is 0 Å². The van der Waals surface area contributed by atoms with Crippen molar-refractivity contribution < 1.29 is 13.9 Å². The highest BCUT2D eigenvalue weighted by Crippen LogP contribution is 2.32. The highest BCUT2D eigenvalue weighted by Gasteiger charge is 2.27. The van der Waals surface area contributed by atoms with E-state index in [9.17, 15) is 9.18 Å². The van der Waals surface area contributed by atoms with Crippen LogP contribution in [0, 0.1) is 6.08 Å². The number of benzene rings is 1. The zero-order valence-electron chi connectivity index (χ0n) is 12.3. The van der Waals surface area contributed by atoms with E-state index in [-0.39, 0.29) is 16.7 Å². The van der Waals surface area contributed by atoms with E-state index < -0.39 is 6.08 Å². The van der Waals surface area contributed by atoms with E-state index in [1.807, 2.05) is 12.1 Å². The molecule has 0 saturated heterocycles. The molecule has 2 heterocycles. The molecular formula is C15H14ClFN4O2. The van der Waals surface area contributed by atoms with Gasteiger partial charge in [0.25, 0.3) is 0 Å². The van der Waals surface area contributed by atoms with Crippen LogP contribution in [0.1, 0.15) is 5.56 Å². The molecule has 0 radical (unpaired) electrons. The van der Waals surface area contributed by atoms with Gasteiger partial charge in [-0.1, -0.05) is 11.6 Å². The van der Waals surface area contributed by atoms with Crippen LogP contribution in [-0.4, -0.2) is 36.1 Å². The first-order valence-electron chi connectivity index (χ1n) is 6.96. The maximum atomic E-state index is 13.1. The van der Waals surface area contributed by atoms with Crippen molar-refractivity contribution in [2.45, 2.75) is 6.42 Å². The Hall–Kier alpha value is -2.25. The average Bonchev–Trinajstić information content (AvgIpc) is 2.83. The van der Waals surface area contributed by atoms with Crippen molar-refractivity contribution in [1.82, 2.24) is 9.97 Å². The van der Waals surface area contributed by atoms with E-state index in [0.29, 0.717) is 25.3 Å². The van der Waals surface area contributed by atoms with Gasteiger partial charge in [0.05, 0.1) is 19.2 Å². The summed E-state index contributed by atoms with van der Waals surface area (Å²) in [5, 5.41) is 3.15. The maximum Gasteiger partial charge on any atom is 0.310 e. The molecule has 0 atom stereocenters. The van der Waals surface area contributed by atoms with Gasteiger partial charge < -0.3 is 15.0 Å². The Morgan fingerprint density at radius 2 is 2.30 bits per heavy atom. The van der Waals surface area contributed by atoms with E-state index in [1.54, 1.807) is 18.1 Å². The van der Waals surface area contributed by atoms with E-state index in [0.717, 1.165) is 11.3 Å². The van der Waals surface area contributed by atoms with Crippen LogP contribution in [0.15, 0.2) is 24.4 Å². The van der Waals surface area contributed by atoms with Crippen LogP contribution in [0.4, 0.5) is 21.6 Å². The number of nitrogens with one attached hydrogen (secondary N) is 1. The first-order chi connectivity index (χ1) is 11.1. The summed E-state index contributed by atoms with van der Waals surface area (Å²) < 4.78 is 18.1. The highest BCUT2D eigenvalue weighted by atomic mass is 35.5. The molecule has 6 nitrogen and oxygen atoms in total. The van der Waals surface area contributed by atoms with E-state index in [1.165, 1.54) is 6.20 Å². The molecular weight excluding hydrogens is 323 g/mol. The van der Waals surface area contributed by atoms with Gasteiger partial charge in [-0.15, -0.1) is 0 Å². The highest BCUT2D eigenvalue weighted by molar-refractivity contribution is 6.32. The molecule has 3 rings (SSSR count). The number of carbonyl (C=O) groups excluding carboxylic acids is 1. The summed E-state index contributed by atoms with van der Waals surface area (Å²) in [6.45, 7) is 0.985. The Morgan fingerprint density at radius 1 is 1.48 bits per heavy atom. The lowest BCUT2D eigenvalue weighted by Crippen LogP contribution is -2.30. The van der Waals surface area contributed by atoms with Gasteiger partial charge in [0.1, 0.15) is 5.02 Å². The number of ether oxygens (including phenoxy) is 1. The second-order valence-electron chi connectivity index (χ2n) is 5.02. The standard InChI is InChI=1S/C15H14ClFN4O2/c1-23-5-4-21-12-3-2-10(6-9(12)7-13(21)22)19-14-11(16)8-18-15(17)20-14/h2-3,6,8H,4-5,7H2,1H3,(H,18,19,20). The Bertz CT molecular complexity index is 756. The van der Waals surface area contributed by atoms with Crippen molar-refractivity contribution in [2.24, 2.45) is 0 Å². The molecule has 0 unspecified atom stereocenters. The van der Waals surface area contributed by atoms with Crippen molar-refractivity contribution >= 4 is 34.7 Å². The van der Waals surface area contributed by atoms with Gasteiger partial charge in [0.2, 0.25) is 5.91 Å². The van der Waals surface area contributed by atoms with Crippen molar-refractivity contribution in [3.8, 4) is 0 Å². The zero-order valence-corrected chi connectivity index (χ0v) is 13.1. The largest absolute Gasteiger partial charge is 0.383 e. The number of anilines is 3. The van der Waals surface area contributed by atoms with Crippen molar-refractivity contribution in [3.63, 3.8) is 0 Å². The quantitative estimate of drug-likeness (QED) is 0.850. The minimum atomic E-state index is -0.862. The van der Waals surface area contributed by atoms with Gasteiger partial charge in [-0.05, 0) is 23.8 Å². The number of nitrogens with zero attached hydrogens (tertiary/aromatic N) is 3. The first-order valence-corrected chi connectivity index (χ1v) is 7.33. The van der Waals surface area contributed by atoms with Crippen LogP contribution in [0.25, 0.3) is 0 Å². The number of amides is 1. The molecule has 1 aromatic carbocycles. The Kier molecular flexibility index (Phi) is 4.40. The number of methoxy groups -OCH3 is 1. The molecule has 1 aromatic heterocycles. The van der Waals surface area contributed by atoms with Crippen molar-refractivity contribution in [1.29, 1.82) is 0 Å². The van der Waals surface area contributed by atoms with Gasteiger partial charge in [0, 0.05) is 25.0 Å². The van der Waals surface area contributed by atoms with Crippen LogP contribution >= 0.6 is 11.6 Å². The average molecular weight is 337 g/mol. The molecule has 0 bridgehead atoms. The summed E-state index contributed by atoms with van der Waals surface area (Å²) in [6, 6.07) is 5.45. The Labute approximate surface area is 137 Å². The SMILES string of the molecule is COCCN1C(=O)Cc2cc(Nc3nc(F)ncc3Cl)ccc21. The Balaban J connectivity index is 1.83. The fourth-order valence-electron chi connectivity index (χ4n) is 2.46. The summed E-state index contributed by atoms with van der Waals surface area (Å²) >= 11 is 5.94. The molecule has 0 saturated carbocycles. The predicted octanol–water partition coefficient (Wildman–Crippen LogP) is 2.55. The third-order valence-corrected chi connectivity index (χ3v) is 3.79. The molecule has 2 aromatic rings. The molecule has 8 heteroatoms. The van der Waals surface area contributed by atoms with Gasteiger partial charge in [-0.25, -0.2) is 4.98 Å². The first kappa shape index (κ1) is 15.6. The number of carbonyl (C=O) groups is 1. The molecule has 0 aliphatic carbocycles. The summed E-state index contributed by atoms with van der Waals surface area (Å²) in [5.74, 6) is 0.208. The maximum absolute atomic E-state index is 13.1. The number of aromatic nitrogens is 2. The van der Waals surface area contributed by atoms with Gasteiger partial charge in [0.15, 0.2) is 5.82 Å². The molecule has 0 fully saturated rings. The lowest BCUT2D eigenvalue weighted by atomic mass is 10.1. The third-order valence-electron chi connectivity index (χ3n) is 3.51. The second kappa shape index (κ2) is 6.47. The van der Waals surface area contributed by atoms with Crippen LogP contribution < -0.4 is 10.2 Å². The fourth-order valence-corrected chi connectivity index (χ4v) is 2.60. The lowest BCUT2D eigenvalue weighted by Gasteiger charge is -2.17. The predicted molar refractivity (Wildman–Crippen MR) is 84.7 cm³/mol. The normalized spacial score (nSPS) is 13.3. The summed E-state index contributed by atoms with van der Waals surface area (Å²) in [6.07, 6.45) is 0.648. The molecule has 1 aliphatic rings. The molecule has 1 amide bonds. The smallest absolute Gasteiger partial charge is 0.310 e. The van der Waals surface area contributed by atoms with E-state index in [2.05, 4.69) is 15.3 Å². The van der Waals surface area contributed by atoms with E-state index >= 15 is 0 Å². The van der Waals surface area contributed by atoms with Gasteiger partial charge in [-0.2, -0.15) is 9.37 Å². The Morgan fingerprint density at radius 3 is 3.09 bits per heavy atom. The number of fused-ring (bicyclic) bond motifs is 1. The molecule has 120 valence electrons. The zero-order chi connectivity index (χ0) is 16.4. The van der Waals surface area contributed by atoms with Crippen LogP contribution in [-0.2, 0) is 16.0 Å². The molecule has 1 aliphatic heterocycles.